The molecule has 1 aromatic rings. The summed E-state index contributed by atoms with van der Waals surface area (Å²) >= 11 is 0. The summed E-state index contributed by atoms with van der Waals surface area (Å²) in [5, 5.41) is 2.65. The van der Waals surface area contributed by atoms with Crippen molar-refractivity contribution in [2.24, 2.45) is 0 Å². The van der Waals surface area contributed by atoms with Crippen molar-refractivity contribution in [1.82, 2.24) is 9.62 Å². The van der Waals surface area contributed by atoms with Gasteiger partial charge in [-0.2, -0.15) is 4.31 Å². The number of nitrogen functional groups attached to an aromatic ring is 1. The van der Waals surface area contributed by atoms with Gasteiger partial charge in [0.1, 0.15) is 10.7 Å². The van der Waals surface area contributed by atoms with Crippen LogP contribution in [0, 0.1) is 5.82 Å². The fraction of sp³-hybridized carbons (Fsp3) is 0.462. The third kappa shape index (κ3) is 4.40. The van der Waals surface area contributed by atoms with Gasteiger partial charge in [-0.25, -0.2) is 12.8 Å². The van der Waals surface area contributed by atoms with Gasteiger partial charge in [-0.15, -0.1) is 0 Å². The Hall–Kier alpha value is -1.67. The van der Waals surface area contributed by atoms with Gasteiger partial charge in [-0.1, -0.05) is 6.07 Å². The molecule has 0 atom stereocenters. The molecular weight excluding hydrogens is 297 g/mol. The molecule has 21 heavy (non-hydrogen) atoms. The smallest absolute Gasteiger partial charge is 0.245 e. The molecule has 0 spiro atoms. The van der Waals surface area contributed by atoms with Crippen LogP contribution >= 0.6 is 0 Å². The number of hydrogen-bond donors (Lipinski definition) is 2. The number of benzene rings is 1. The second-order valence-electron chi connectivity index (χ2n) is 5.71. The number of nitrogens with two attached hydrogens (primary N) is 1. The number of sulfonamides is 1. The Labute approximate surface area is 124 Å². The maximum absolute atomic E-state index is 13.4. The van der Waals surface area contributed by atoms with E-state index in [2.05, 4.69) is 5.32 Å². The third-order valence-corrected chi connectivity index (χ3v) is 4.44. The number of halogens is 1. The summed E-state index contributed by atoms with van der Waals surface area (Å²) in [5.41, 5.74) is 4.53. The van der Waals surface area contributed by atoms with Crippen LogP contribution < -0.4 is 11.1 Å². The van der Waals surface area contributed by atoms with E-state index in [1.54, 1.807) is 20.8 Å². The molecule has 0 heterocycles. The number of nitrogens with zero attached hydrogens (tertiary/aromatic N) is 1. The van der Waals surface area contributed by atoms with E-state index in [1.165, 1.54) is 19.2 Å². The molecule has 0 aliphatic carbocycles. The van der Waals surface area contributed by atoms with Gasteiger partial charge in [0.15, 0.2) is 0 Å². The Balaban J connectivity index is 2.98. The van der Waals surface area contributed by atoms with E-state index in [9.17, 15) is 17.6 Å². The lowest BCUT2D eigenvalue weighted by atomic mass is 10.1. The van der Waals surface area contributed by atoms with Crippen LogP contribution in [0.25, 0.3) is 0 Å². The van der Waals surface area contributed by atoms with Crippen molar-refractivity contribution < 1.29 is 17.6 Å². The first-order chi connectivity index (χ1) is 9.45. The lowest BCUT2D eigenvalue weighted by Gasteiger charge is -2.23. The molecule has 1 rings (SSSR count). The first-order valence-corrected chi connectivity index (χ1v) is 7.70. The zero-order valence-corrected chi connectivity index (χ0v) is 13.3. The fourth-order valence-electron chi connectivity index (χ4n) is 1.66. The molecule has 118 valence electrons. The first kappa shape index (κ1) is 17.4. The average Bonchev–Trinajstić information content (AvgIpc) is 2.29. The predicted octanol–water partition coefficient (Wildman–Crippen LogP) is 0.943. The van der Waals surface area contributed by atoms with Gasteiger partial charge in [0, 0.05) is 12.6 Å². The SMILES string of the molecule is CN(CC(=O)NC(C)(C)C)S(=O)(=O)c1cccc(F)c1N. The van der Waals surface area contributed by atoms with Crippen LogP contribution in [0.2, 0.25) is 0 Å². The van der Waals surface area contributed by atoms with E-state index < -0.39 is 33.0 Å². The van der Waals surface area contributed by atoms with Crippen LogP contribution in [-0.4, -0.2) is 37.8 Å². The van der Waals surface area contributed by atoms with Crippen molar-refractivity contribution in [3.8, 4) is 0 Å². The fourth-order valence-corrected chi connectivity index (χ4v) is 2.90. The third-order valence-electron chi connectivity index (χ3n) is 2.58. The highest BCUT2D eigenvalue weighted by molar-refractivity contribution is 7.89. The molecular formula is C13H20FN3O3S. The minimum Gasteiger partial charge on any atom is -0.395 e. The molecule has 0 unspecified atom stereocenters. The molecule has 0 saturated carbocycles. The minimum absolute atomic E-state index is 0.353. The molecule has 0 aliphatic rings. The Bertz CT molecular complexity index is 639. The average molecular weight is 317 g/mol. The van der Waals surface area contributed by atoms with Crippen molar-refractivity contribution >= 4 is 21.6 Å². The van der Waals surface area contributed by atoms with E-state index in [1.807, 2.05) is 0 Å². The predicted molar refractivity (Wildman–Crippen MR) is 78.5 cm³/mol. The minimum atomic E-state index is -4.04. The summed E-state index contributed by atoms with van der Waals surface area (Å²) in [6, 6.07) is 3.52. The van der Waals surface area contributed by atoms with Gasteiger partial charge >= 0.3 is 0 Å². The van der Waals surface area contributed by atoms with Crippen molar-refractivity contribution in [2.75, 3.05) is 19.3 Å². The molecule has 1 amide bonds. The molecule has 3 N–H and O–H groups in total. The summed E-state index contributed by atoms with van der Waals surface area (Å²) in [6.45, 7) is 4.97. The topological polar surface area (TPSA) is 92.5 Å². The Morgan fingerprint density at radius 2 is 1.95 bits per heavy atom. The van der Waals surface area contributed by atoms with Gasteiger partial charge in [0.05, 0.1) is 12.2 Å². The number of para-hydroxylation sites is 1. The van der Waals surface area contributed by atoms with Crippen molar-refractivity contribution in [2.45, 2.75) is 31.2 Å². The van der Waals surface area contributed by atoms with Crippen LogP contribution in [0.15, 0.2) is 23.1 Å². The second-order valence-corrected chi connectivity index (χ2v) is 7.72. The first-order valence-electron chi connectivity index (χ1n) is 6.26. The lowest BCUT2D eigenvalue weighted by molar-refractivity contribution is -0.122. The zero-order valence-electron chi connectivity index (χ0n) is 12.5. The standard InChI is InChI=1S/C13H20FN3O3S/c1-13(2,3)16-11(18)8-17(4)21(19,20)10-7-5-6-9(14)12(10)15/h5-7H,8,15H2,1-4H3,(H,16,18). The number of carbonyl (C=O) groups is 1. The quantitative estimate of drug-likeness (QED) is 0.809. The summed E-state index contributed by atoms with van der Waals surface area (Å²) in [7, 11) is -2.80. The largest absolute Gasteiger partial charge is 0.395 e. The van der Waals surface area contributed by atoms with Gasteiger partial charge in [-0.3, -0.25) is 4.79 Å². The molecule has 0 radical (unpaired) electrons. The van der Waals surface area contributed by atoms with Crippen LogP contribution in [0.4, 0.5) is 10.1 Å². The summed E-state index contributed by atoms with van der Waals surface area (Å²) < 4.78 is 38.8. The number of amides is 1. The number of anilines is 1. The van der Waals surface area contributed by atoms with Gasteiger partial charge in [0.2, 0.25) is 15.9 Å². The van der Waals surface area contributed by atoms with Crippen LogP contribution in [0.3, 0.4) is 0 Å². The number of rotatable bonds is 4. The van der Waals surface area contributed by atoms with E-state index in [0.717, 1.165) is 10.4 Å². The van der Waals surface area contributed by atoms with Crippen LogP contribution in [0.5, 0.6) is 0 Å². The molecule has 0 bridgehead atoms. The highest BCUT2D eigenvalue weighted by Gasteiger charge is 2.27. The molecule has 0 saturated heterocycles. The molecule has 8 heteroatoms. The summed E-state index contributed by atoms with van der Waals surface area (Å²) in [5.74, 6) is -1.27. The number of nitrogens with one attached hydrogen (secondary N) is 1. The molecule has 1 aromatic carbocycles. The zero-order chi connectivity index (χ0) is 16.4. The Morgan fingerprint density at radius 3 is 2.48 bits per heavy atom. The Morgan fingerprint density at radius 1 is 1.38 bits per heavy atom. The summed E-state index contributed by atoms with van der Waals surface area (Å²) in [4.78, 5) is 11.4. The maximum atomic E-state index is 13.4. The van der Waals surface area contributed by atoms with Gasteiger partial charge in [0.25, 0.3) is 0 Å². The van der Waals surface area contributed by atoms with E-state index >= 15 is 0 Å². The monoisotopic (exact) mass is 317 g/mol. The van der Waals surface area contributed by atoms with Crippen LogP contribution in [0.1, 0.15) is 20.8 Å². The molecule has 0 aromatic heterocycles. The van der Waals surface area contributed by atoms with Gasteiger partial charge in [-0.05, 0) is 32.9 Å². The van der Waals surface area contributed by atoms with Gasteiger partial charge < -0.3 is 11.1 Å². The molecule has 6 nitrogen and oxygen atoms in total. The van der Waals surface area contributed by atoms with E-state index in [-0.39, 0.29) is 11.4 Å². The normalized spacial score (nSPS) is 12.5. The summed E-state index contributed by atoms with van der Waals surface area (Å²) in [6.07, 6.45) is 0. The second kappa shape index (κ2) is 5.98. The van der Waals surface area contributed by atoms with Crippen molar-refractivity contribution in [3.63, 3.8) is 0 Å². The molecule has 0 fully saturated rings. The highest BCUT2D eigenvalue weighted by atomic mass is 32.2. The van der Waals surface area contributed by atoms with E-state index in [0.29, 0.717) is 0 Å². The van der Waals surface area contributed by atoms with Crippen LogP contribution in [-0.2, 0) is 14.8 Å². The van der Waals surface area contributed by atoms with E-state index in [4.69, 9.17) is 5.73 Å². The lowest BCUT2D eigenvalue weighted by Crippen LogP contribution is -2.46. The highest BCUT2D eigenvalue weighted by Crippen LogP contribution is 2.23. The molecule has 0 aliphatic heterocycles. The number of hydrogen-bond acceptors (Lipinski definition) is 4. The number of likely N-dealkylation sites (N-methyl/N-ethyl adjacent to an activating group) is 1. The Kier molecular flexibility index (Phi) is 4.95. The number of carbonyl (C=O) groups excluding carboxylic acids is 1. The van der Waals surface area contributed by atoms with Crippen molar-refractivity contribution in [3.05, 3.63) is 24.0 Å². The maximum Gasteiger partial charge on any atom is 0.245 e. The van der Waals surface area contributed by atoms with Crippen molar-refractivity contribution in [1.29, 1.82) is 0 Å².